The van der Waals surface area contributed by atoms with E-state index in [1.165, 1.54) is 16.7 Å². The van der Waals surface area contributed by atoms with Crippen LogP contribution in [-0.4, -0.2) is 5.88 Å². The molecule has 1 aromatic rings. The Labute approximate surface area is 90.3 Å². The van der Waals surface area contributed by atoms with Gasteiger partial charge >= 0.3 is 0 Å². The van der Waals surface area contributed by atoms with Gasteiger partial charge in [0.1, 0.15) is 0 Å². The molecule has 1 atom stereocenters. The Kier molecular flexibility index (Phi) is 3.98. The van der Waals surface area contributed by atoms with Gasteiger partial charge in [0.25, 0.3) is 0 Å². The summed E-state index contributed by atoms with van der Waals surface area (Å²) in [5.41, 5.74) is 3.75. The Bertz CT molecular complexity index is 352. The summed E-state index contributed by atoms with van der Waals surface area (Å²) in [6.07, 6.45) is 0.751. The molecule has 2 heteroatoms. The summed E-state index contributed by atoms with van der Waals surface area (Å²) in [5, 5.41) is 8.78. The summed E-state index contributed by atoms with van der Waals surface area (Å²) in [5.74, 6) is 0.336. The maximum absolute atomic E-state index is 8.78. The van der Waals surface area contributed by atoms with Gasteiger partial charge in [0.2, 0.25) is 0 Å². The van der Waals surface area contributed by atoms with Crippen LogP contribution in [-0.2, 0) is 6.42 Å². The van der Waals surface area contributed by atoms with Crippen molar-refractivity contribution in [2.75, 3.05) is 5.88 Å². The number of nitriles is 1. The van der Waals surface area contributed by atoms with Crippen LogP contribution in [0.3, 0.4) is 0 Å². The molecule has 0 aliphatic heterocycles. The highest BCUT2D eigenvalue weighted by atomic mass is 35.5. The van der Waals surface area contributed by atoms with Crippen LogP contribution in [0.4, 0.5) is 0 Å². The van der Waals surface area contributed by atoms with Crippen molar-refractivity contribution in [2.45, 2.75) is 20.3 Å². The number of alkyl halides is 1. The van der Waals surface area contributed by atoms with E-state index in [1.807, 2.05) is 0 Å². The molecule has 0 bridgehead atoms. The Balaban J connectivity index is 2.78. The number of halogens is 1. The molecule has 0 radical (unpaired) electrons. The standard InChI is InChI=1S/C12H14ClN/c1-9-3-4-11(5-10(9)2)6-12(7-13)8-14/h3-5,12H,6-7H2,1-2H3. The second-order valence-corrected chi connectivity index (χ2v) is 3.91. The zero-order chi connectivity index (χ0) is 10.6. The van der Waals surface area contributed by atoms with E-state index < -0.39 is 0 Å². The van der Waals surface area contributed by atoms with Gasteiger partial charge in [-0.15, -0.1) is 11.6 Å². The van der Waals surface area contributed by atoms with Gasteiger partial charge in [-0.3, -0.25) is 0 Å². The molecule has 14 heavy (non-hydrogen) atoms. The van der Waals surface area contributed by atoms with Crippen molar-refractivity contribution in [1.29, 1.82) is 5.26 Å². The van der Waals surface area contributed by atoms with Crippen molar-refractivity contribution in [2.24, 2.45) is 5.92 Å². The third kappa shape index (κ3) is 2.75. The second-order valence-electron chi connectivity index (χ2n) is 3.60. The number of nitrogens with zero attached hydrogens (tertiary/aromatic N) is 1. The molecule has 0 amide bonds. The van der Waals surface area contributed by atoms with Crippen LogP contribution >= 0.6 is 11.6 Å². The molecular weight excluding hydrogens is 194 g/mol. The monoisotopic (exact) mass is 207 g/mol. The first kappa shape index (κ1) is 11.1. The first-order valence-corrected chi connectivity index (χ1v) is 5.22. The molecule has 74 valence electrons. The molecule has 1 aromatic carbocycles. The number of benzene rings is 1. The van der Waals surface area contributed by atoms with Gasteiger partial charge < -0.3 is 0 Å². The fourth-order valence-electron chi connectivity index (χ4n) is 1.35. The number of rotatable bonds is 3. The molecule has 0 N–H and O–H groups in total. The summed E-state index contributed by atoms with van der Waals surface area (Å²) < 4.78 is 0. The van der Waals surface area contributed by atoms with Gasteiger partial charge in [-0.2, -0.15) is 5.26 Å². The SMILES string of the molecule is Cc1ccc(CC(C#N)CCl)cc1C. The van der Waals surface area contributed by atoms with Crippen LogP contribution < -0.4 is 0 Å². The average molecular weight is 208 g/mol. The number of hydrogen-bond donors (Lipinski definition) is 0. The molecule has 0 heterocycles. The zero-order valence-electron chi connectivity index (χ0n) is 8.55. The molecule has 0 saturated carbocycles. The van der Waals surface area contributed by atoms with E-state index in [1.54, 1.807) is 0 Å². The van der Waals surface area contributed by atoms with Gasteiger partial charge in [-0.25, -0.2) is 0 Å². The first-order valence-electron chi connectivity index (χ1n) is 4.69. The summed E-state index contributed by atoms with van der Waals surface area (Å²) in [6.45, 7) is 4.17. The van der Waals surface area contributed by atoms with Crippen LogP contribution in [0.5, 0.6) is 0 Å². The molecule has 0 aliphatic carbocycles. The fraction of sp³-hybridized carbons (Fsp3) is 0.417. The summed E-state index contributed by atoms with van der Waals surface area (Å²) in [6, 6.07) is 8.49. The molecule has 0 aromatic heterocycles. The Morgan fingerprint density at radius 2 is 2.07 bits per heavy atom. The minimum absolute atomic E-state index is 0.0706. The van der Waals surface area contributed by atoms with Crippen molar-refractivity contribution < 1.29 is 0 Å². The van der Waals surface area contributed by atoms with E-state index in [-0.39, 0.29) is 5.92 Å². The van der Waals surface area contributed by atoms with Crippen molar-refractivity contribution in [3.63, 3.8) is 0 Å². The topological polar surface area (TPSA) is 23.8 Å². The van der Waals surface area contributed by atoms with E-state index in [0.717, 1.165) is 6.42 Å². The number of hydrogen-bond acceptors (Lipinski definition) is 1. The predicted molar refractivity (Wildman–Crippen MR) is 59.4 cm³/mol. The van der Waals surface area contributed by atoms with Gasteiger partial charge in [0, 0.05) is 5.88 Å². The largest absolute Gasteiger partial charge is 0.198 e. The maximum Gasteiger partial charge on any atom is 0.0671 e. The zero-order valence-corrected chi connectivity index (χ0v) is 9.30. The Morgan fingerprint density at radius 1 is 1.36 bits per heavy atom. The maximum atomic E-state index is 8.78. The highest BCUT2D eigenvalue weighted by Crippen LogP contribution is 2.14. The number of aryl methyl sites for hydroxylation is 2. The minimum atomic E-state index is -0.0706. The highest BCUT2D eigenvalue weighted by molar-refractivity contribution is 6.18. The summed E-state index contributed by atoms with van der Waals surface area (Å²) in [7, 11) is 0. The average Bonchev–Trinajstić information content (AvgIpc) is 2.19. The van der Waals surface area contributed by atoms with Crippen LogP contribution in [0.1, 0.15) is 16.7 Å². The first-order chi connectivity index (χ1) is 6.67. The van der Waals surface area contributed by atoms with Gasteiger partial charge in [-0.05, 0) is 37.0 Å². The minimum Gasteiger partial charge on any atom is -0.198 e. The highest BCUT2D eigenvalue weighted by Gasteiger charge is 2.07. The molecule has 0 fully saturated rings. The normalized spacial score (nSPS) is 12.1. The lowest BCUT2D eigenvalue weighted by atomic mass is 9.99. The molecule has 0 spiro atoms. The Morgan fingerprint density at radius 3 is 2.57 bits per heavy atom. The van der Waals surface area contributed by atoms with Crippen LogP contribution in [0, 0.1) is 31.1 Å². The lowest BCUT2D eigenvalue weighted by Gasteiger charge is -2.07. The quantitative estimate of drug-likeness (QED) is 0.699. The van der Waals surface area contributed by atoms with Crippen molar-refractivity contribution >= 4 is 11.6 Å². The van der Waals surface area contributed by atoms with Crippen LogP contribution in [0.25, 0.3) is 0 Å². The van der Waals surface area contributed by atoms with E-state index in [9.17, 15) is 0 Å². The van der Waals surface area contributed by atoms with E-state index in [4.69, 9.17) is 16.9 Å². The summed E-state index contributed by atoms with van der Waals surface area (Å²) >= 11 is 5.67. The van der Waals surface area contributed by atoms with Crippen molar-refractivity contribution in [3.05, 3.63) is 34.9 Å². The molecule has 0 saturated heterocycles. The van der Waals surface area contributed by atoms with Crippen molar-refractivity contribution in [1.82, 2.24) is 0 Å². The Hall–Kier alpha value is -1.00. The van der Waals surface area contributed by atoms with E-state index >= 15 is 0 Å². The fourth-order valence-corrected chi connectivity index (χ4v) is 1.53. The van der Waals surface area contributed by atoms with Crippen LogP contribution in [0.15, 0.2) is 18.2 Å². The smallest absolute Gasteiger partial charge is 0.0671 e. The molecular formula is C12H14ClN. The van der Waals surface area contributed by atoms with Gasteiger partial charge in [-0.1, -0.05) is 18.2 Å². The lowest BCUT2D eigenvalue weighted by Crippen LogP contribution is -2.03. The lowest BCUT2D eigenvalue weighted by molar-refractivity contribution is 0.745. The van der Waals surface area contributed by atoms with Gasteiger partial charge in [0.05, 0.1) is 12.0 Å². The molecule has 0 aliphatic rings. The third-order valence-electron chi connectivity index (χ3n) is 2.42. The van der Waals surface area contributed by atoms with Crippen molar-refractivity contribution in [3.8, 4) is 6.07 Å². The predicted octanol–water partition coefficient (Wildman–Crippen LogP) is 3.22. The molecule has 1 unspecified atom stereocenters. The molecule has 1 rings (SSSR count). The molecule has 1 nitrogen and oxygen atoms in total. The van der Waals surface area contributed by atoms with Gasteiger partial charge in [0.15, 0.2) is 0 Å². The van der Waals surface area contributed by atoms with E-state index in [2.05, 4.69) is 38.1 Å². The third-order valence-corrected chi connectivity index (χ3v) is 2.79. The summed E-state index contributed by atoms with van der Waals surface area (Å²) in [4.78, 5) is 0. The van der Waals surface area contributed by atoms with Crippen LogP contribution in [0.2, 0.25) is 0 Å². The van der Waals surface area contributed by atoms with E-state index in [0.29, 0.717) is 5.88 Å². The second kappa shape index (κ2) is 5.02.